The van der Waals surface area contributed by atoms with Crippen LogP contribution in [-0.4, -0.2) is 39.4 Å². The lowest BCUT2D eigenvalue weighted by Crippen LogP contribution is -2.42. The second kappa shape index (κ2) is 9.70. The largest absolute Gasteiger partial charge is 0.393 e. The number of hydrogen-bond donors (Lipinski definition) is 3. The predicted molar refractivity (Wildman–Crippen MR) is 126 cm³/mol. The van der Waals surface area contributed by atoms with Crippen LogP contribution in [0.2, 0.25) is 0 Å². The Kier molecular flexibility index (Phi) is 6.89. The van der Waals surface area contributed by atoms with Crippen LogP contribution in [0.5, 0.6) is 0 Å². The lowest BCUT2D eigenvalue weighted by molar-refractivity contribution is -0.118. The topological polar surface area (TPSA) is 100 Å². The van der Waals surface area contributed by atoms with Crippen LogP contribution in [0.3, 0.4) is 0 Å². The molecule has 2 saturated carbocycles. The lowest BCUT2D eigenvalue weighted by Gasteiger charge is -2.25. The molecule has 0 radical (unpaired) electrons. The summed E-state index contributed by atoms with van der Waals surface area (Å²) in [5.74, 6) is -1.63. The van der Waals surface area contributed by atoms with Gasteiger partial charge in [-0.15, -0.1) is 0 Å². The quantitative estimate of drug-likeness (QED) is 0.426. The Morgan fingerprint density at radius 3 is 2.38 bits per heavy atom. The highest BCUT2D eigenvalue weighted by Crippen LogP contribution is 2.36. The Labute approximate surface area is 198 Å². The first-order valence-corrected chi connectivity index (χ1v) is 11.9. The summed E-state index contributed by atoms with van der Waals surface area (Å²) >= 11 is 0. The number of nitrogens with zero attached hydrogens (tertiary/aromatic N) is 1. The number of carbonyl (C=O) groups excluding carboxylic acids is 3. The van der Waals surface area contributed by atoms with Crippen molar-refractivity contribution in [1.82, 2.24) is 9.88 Å². The van der Waals surface area contributed by atoms with Crippen molar-refractivity contribution in [1.29, 1.82) is 0 Å². The van der Waals surface area contributed by atoms with Crippen molar-refractivity contribution in [3.63, 3.8) is 0 Å². The summed E-state index contributed by atoms with van der Waals surface area (Å²) in [6.45, 7) is 3.32. The number of aromatic nitrogens is 1. The maximum absolute atomic E-state index is 13.6. The third kappa shape index (κ3) is 5.06. The summed E-state index contributed by atoms with van der Waals surface area (Å²) < 4.78 is 15.3. The minimum Gasteiger partial charge on any atom is -0.393 e. The molecule has 1 aromatic carbocycles. The van der Waals surface area contributed by atoms with Crippen LogP contribution >= 0.6 is 0 Å². The molecule has 7 nitrogen and oxygen atoms in total. The normalized spacial score (nSPS) is 20.1. The molecule has 2 amide bonds. The van der Waals surface area contributed by atoms with Gasteiger partial charge in [-0.1, -0.05) is 0 Å². The third-order valence-electron chi connectivity index (χ3n) is 7.03. The van der Waals surface area contributed by atoms with E-state index in [1.54, 1.807) is 31.5 Å². The number of aliphatic hydroxyl groups is 1. The van der Waals surface area contributed by atoms with E-state index in [0.717, 1.165) is 18.5 Å². The molecule has 2 aliphatic rings. The summed E-state index contributed by atoms with van der Waals surface area (Å²) in [5, 5.41) is 15.3. The van der Waals surface area contributed by atoms with E-state index in [9.17, 15) is 23.9 Å². The minimum absolute atomic E-state index is 0.143. The molecule has 1 heterocycles. The van der Waals surface area contributed by atoms with Gasteiger partial charge in [0.05, 0.1) is 17.4 Å². The number of aliphatic hydroxyl groups excluding tert-OH is 1. The second-order valence-corrected chi connectivity index (χ2v) is 9.73. The predicted octanol–water partition coefficient (Wildman–Crippen LogP) is 3.59. The maximum atomic E-state index is 13.6. The molecule has 1 aromatic heterocycles. The van der Waals surface area contributed by atoms with E-state index in [2.05, 4.69) is 10.6 Å². The van der Waals surface area contributed by atoms with E-state index in [1.165, 1.54) is 12.1 Å². The van der Waals surface area contributed by atoms with Crippen molar-refractivity contribution in [2.75, 3.05) is 5.32 Å². The van der Waals surface area contributed by atoms with Crippen LogP contribution < -0.4 is 10.6 Å². The molecule has 0 aliphatic heterocycles. The van der Waals surface area contributed by atoms with Crippen LogP contribution in [0.15, 0.2) is 18.2 Å². The van der Waals surface area contributed by atoms with Crippen molar-refractivity contribution in [2.45, 2.75) is 70.9 Å². The highest BCUT2D eigenvalue weighted by Gasteiger charge is 2.34. The van der Waals surface area contributed by atoms with Gasteiger partial charge in [0, 0.05) is 24.5 Å². The van der Waals surface area contributed by atoms with E-state index in [1.807, 2.05) is 0 Å². The van der Waals surface area contributed by atoms with Crippen molar-refractivity contribution in [3.05, 3.63) is 52.1 Å². The molecule has 2 fully saturated rings. The average molecular weight is 470 g/mol. The zero-order valence-corrected chi connectivity index (χ0v) is 19.9. The summed E-state index contributed by atoms with van der Waals surface area (Å²) in [4.78, 5) is 39.3. The fourth-order valence-corrected chi connectivity index (χ4v) is 4.84. The fourth-order valence-electron chi connectivity index (χ4n) is 4.84. The number of halogens is 1. The molecular formula is C26H32FN3O4. The molecule has 34 heavy (non-hydrogen) atoms. The molecule has 0 saturated heterocycles. The first kappa shape index (κ1) is 24.1. The number of amides is 2. The highest BCUT2D eigenvalue weighted by atomic mass is 19.1. The Morgan fingerprint density at radius 1 is 1.09 bits per heavy atom. The number of rotatable bonds is 7. The van der Waals surface area contributed by atoms with E-state index in [4.69, 9.17) is 0 Å². The number of ketones is 1. The van der Waals surface area contributed by atoms with Crippen molar-refractivity contribution >= 4 is 23.3 Å². The number of benzene rings is 1. The van der Waals surface area contributed by atoms with Crippen molar-refractivity contribution in [3.8, 4) is 0 Å². The number of hydrogen-bond acceptors (Lipinski definition) is 4. The van der Waals surface area contributed by atoms with Crippen LogP contribution in [0.4, 0.5) is 10.1 Å². The fraction of sp³-hybridized carbons (Fsp3) is 0.500. The second-order valence-electron chi connectivity index (χ2n) is 9.73. The molecule has 0 spiro atoms. The van der Waals surface area contributed by atoms with Gasteiger partial charge in [-0.25, -0.2) is 4.39 Å². The standard InChI is InChI=1S/C26H32FN3O4/c1-14-12-18(8-11-20(14)27)29-25(33)22-15(2)23(30(3)21(22)13-16-4-5-16)24(32)26(34)28-17-6-9-19(31)10-7-17/h8,11-12,16-17,19,31H,4-7,9-10,13H2,1-3H3,(H,28,34)(H,29,33)/t17-,19+. The first-order valence-electron chi connectivity index (χ1n) is 11.9. The minimum atomic E-state index is -0.691. The van der Waals surface area contributed by atoms with Crippen LogP contribution in [0.25, 0.3) is 0 Å². The Morgan fingerprint density at radius 2 is 1.76 bits per heavy atom. The van der Waals surface area contributed by atoms with Gasteiger partial charge in [-0.3, -0.25) is 14.4 Å². The van der Waals surface area contributed by atoms with Gasteiger partial charge in [-0.2, -0.15) is 0 Å². The molecule has 3 N–H and O–H groups in total. The van der Waals surface area contributed by atoms with Gasteiger partial charge in [0.1, 0.15) is 5.82 Å². The average Bonchev–Trinajstić information content (AvgIpc) is 3.57. The van der Waals surface area contributed by atoms with Gasteiger partial charge in [0.15, 0.2) is 0 Å². The number of carbonyl (C=O) groups is 3. The number of anilines is 1. The maximum Gasteiger partial charge on any atom is 0.294 e. The molecule has 0 bridgehead atoms. The highest BCUT2D eigenvalue weighted by molar-refractivity contribution is 6.43. The summed E-state index contributed by atoms with van der Waals surface area (Å²) in [6.07, 6.45) is 4.89. The molecule has 8 heteroatoms. The van der Waals surface area contributed by atoms with Gasteiger partial charge >= 0.3 is 0 Å². The Bertz CT molecular complexity index is 1130. The van der Waals surface area contributed by atoms with Gasteiger partial charge in [0.25, 0.3) is 17.6 Å². The first-order chi connectivity index (χ1) is 16.2. The number of aryl methyl sites for hydroxylation is 1. The third-order valence-corrected chi connectivity index (χ3v) is 7.03. The molecule has 182 valence electrons. The van der Waals surface area contributed by atoms with Crippen LogP contribution in [-0.2, 0) is 18.3 Å². The molecule has 0 atom stereocenters. The number of nitrogens with one attached hydrogen (secondary N) is 2. The number of Topliss-reactive ketones (excluding diaryl/α,β-unsaturated/α-hetero) is 1. The lowest BCUT2D eigenvalue weighted by atomic mass is 9.93. The summed E-state index contributed by atoms with van der Waals surface area (Å²) in [5.41, 5.74) is 2.69. The van der Waals surface area contributed by atoms with Gasteiger partial charge in [0.2, 0.25) is 0 Å². The summed E-state index contributed by atoms with van der Waals surface area (Å²) in [6, 6.07) is 4.22. The zero-order valence-electron chi connectivity index (χ0n) is 19.9. The zero-order chi connectivity index (χ0) is 24.6. The molecule has 0 unspecified atom stereocenters. The van der Waals surface area contributed by atoms with E-state index in [-0.39, 0.29) is 29.6 Å². The van der Waals surface area contributed by atoms with E-state index >= 15 is 0 Å². The van der Waals surface area contributed by atoms with Crippen molar-refractivity contribution < 1.29 is 23.9 Å². The van der Waals surface area contributed by atoms with E-state index < -0.39 is 11.7 Å². The van der Waals surface area contributed by atoms with E-state index in [0.29, 0.717) is 60.4 Å². The van der Waals surface area contributed by atoms with Gasteiger partial charge in [-0.05, 0) is 94.0 Å². The van der Waals surface area contributed by atoms with Crippen LogP contribution in [0, 0.1) is 25.6 Å². The molecule has 2 aromatic rings. The molecular weight excluding hydrogens is 437 g/mol. The SMILES string of the molecule is Cc1cc(NC(=O)c2c(C)c(C(=O)C(=O)N[C@H]3CC[C@@H](O)CC3)n(C)c2CC2CC2)ccc1F. The summed E-state index contributed by atoms with van der Waals surface area (Å²) in [7, 11) is 1.72. The van der Waals surface area contributed by atoms with Crippen LogP contribution in [0.1, 0.15) is 76.2 Å². The van der Waals surface area contributed by atoms with Gasteiger partial charge < -0.3 is 20.3 Å². The van der Waals surface area contributed by atoms with Crippen molar-refractivity contribution in [2.24, 2.45) is 13.0 Å². The Balaban J connectivity index is 1.60. The molecule has 4 rings (SSSR count). The molecule has 2 aliphatic carbocycles. The Hall–Kier alpha value is -3.00. The smallest absolute Gasteiger partial charge is 0.294 e. The monoisotopic (exact) mass is 469 g/mol.